The SMILES string of the molecule is O=C(O)c1occc1CNc1c(Cl)cc(Cl)cc1Cl. The number of carboxylic acid groups (broad SMARTS) is 1. The molecule has 19 heavy (non-hydrogen) atoms. The summed E-state index contributed by atoms with van der Waals surface area (Å²) in [6, 6.07) is 4.66. The second-order valence-corrected chi connectivity index (χ2v) is 4.93. The van der Waals surface area contributed by atoms with E-state index in [2.05, 4.69) is 5.32 Å². The van der Waals surface area contributed by atoms with Crippen molar-refractivity contribution in [3.8, 4) is 0 Å². The van der Waals surface area contributed by atoms with Crippen molar-refractivity contribution in [1.29, 1.82) is 0 Å². The van der Waals surface area contributed by atoms with Gasteiger partial charge in [0, 0.05) is 17.1 Å². The first-order valence-corrected chi connectivity index (χ1v) is 6.30. The molecule has 0 atom stereocenters. The molecule has 0 radical (unpaired) electrons. The van der Waals surface area contributed by atoms with Crippen LogP contribution in [0.1, 0.15) is 16.1 Å². The summed E-state index contributed by atoms with van der Waals surface area (Å²) in [5.41, 5.74) is 0.986. The van der Waals surface area contributed by atoms with Gasteiger partial charge in [0.1, 0.15) is 0 Å². The van der Waals surface area contributed by atoms with Gasteiger partial charge in [-0.25, -0.2) is 4.79 Å². The predicted molar refractivity (Wildman–Crippen MR) is 74.5 cm³/mol. The van der Waals surface area contributed by atoms with E-state index in [1.165, 1.54) is 6.26 Å². The third-order valence-corrected chi connectivity index (χ3v) is 3.22. The standard InChI is InChI=1S/C12H8Cl3NO3/c13-7-3-8(14)10(9(15)4-7)16-5-6-1-2-19-11(6)12(17)18/h1-4,16H,5H2,(H,17,18). The molecule has 4 nitrogen and oxygen atoms in total. The lowest BCUT2D eigenvalue weighted by Crippen LogP contribution is -2.05. The van der Waals surface area contributed by atoms with Gasteiger partial charge in [-0.3, -0.25) is 0 Å². The molecular formula is C12H8Cl3NO3. The van der Waals surface area contributed by atoms with Crippen LogP contribution in [0.2, 0.25) is 15.1 Å². The summed E-state index contributed by atoms with van der Waals surface area (Å²) in [7, 11) is 0. The minimum absolute atomic E-state index is 0.117. The maximum Gasteiger partial charge on any atom is 0.372 e. The highest BCUT2D eigenvalue weighted by Crippen LogP contribution is 2.34. The zero-order valence-electron chi connectivity index (χ0n) is 9.41. The van der Waals surface area contributed by atoms with E-state index in [1.54, 1.807) is 18.2 Å². The first kappa shape index (κ1) is 14.1. The molecule has 0 aliphatic rings. The molecule has 2 aromatic rings. The highest BCUT2D eigenvalue weighted by molar-refractivity contribution is 6.41. The number of aromatic carboxylic acids is 1. The summed E-state index contributed by atoms with van der Waals surface area (Å²) in [5.74, 6) is -1.25. The van der Waals surface area contributed by atoms with E-state index < -0.39 is 5.97 Å². The molecule has 0 saturated heterocycles. The first-order chi connectivity index (χ1) is 8.99. The number of halogens is 3. The molecule has 2 rings (SSSR count). The lowest BCUT2D eigenvalue weighted by Gasteiger charge is -2.10. The van der Waals surface area contributed by atoms with Crippen LogP contribution in [0, 0.1) is 0 Å². The quantitative estimate of drug-likeness (QED) is 0.867. The predicted octanol–water partition coefficient (Wildman–Crippen LogP) is 4.55. The van der Waals surface area contributed by atoms with E-state index in [4.69, 9.17) is 44.3 Å². The number of carboxylic acids is 1. The Morgan fingerprint density at radius 3 is 2.47 bits per heavy atom. The number of hydrogen-bond acceptors (Lipinski definition) is 3. The fourth-order valence-corrected chi connectivity index (χ4v) is 2.51. The van der Waals surface area contributed by atoms with Crippen LogP contribution in [-0.2, 0) is 6.54 Å². The van der Waals surface area contributed by atoms with Crippen molar-refractivity contribution in [2.75, 3.05) is 5.32 Å². The molecule has 0 bridgehead atoms. The van der Waals surface area contributed by atoms with Crippen LogP contribution in [0.5, 0.6) is 0 Å². The third kappa shape index (κ3) is 3.15. The lowest BCUT2D eigenvalue weighted by molar-refractivity contribution is 0.0661. The van der Waals surface area contributed by atoms with E-state index in [9.17, 15) is 4.79 Å². The molecular weight excluding hydrogens is 312 g/mol. The Morgan fingerprint density at radius 1 is 1.26 bits per heavy atom. The number of hydrogen-bond donors (Lipinski definition) is 2. The van der Waals surface area contributed by atoms with Gasteiger partial charge >= 0.3 is 5.97 Å². The van der Waals surface area contributed by atoms with Crippen molar-refractivity contribution in [2.24, 2.45) is 0 Å². The van der Waals surface area contributed by atoms with Crippen LogP contribution >= 0.6 is 34.8 Å². The minimum Gasteiger partial charge on any atom is -0.475 e. The van der Waals surface area contributed by atoms with Gasteiger partial charge in [-0.2, -0.15) is 0 Å². The summed E-state index contributed by atoms with van der Waals surface area (Å²) in [4.78, 5) is 10.9. The number of carbonyl (C=O) groups is 1. The largest absolute Gasteiger partial charge is 0.475 e. The summed E-state index contributed by atoms with van der Waals surface area (Å²) in [6.07, 6.45) is 1.31. The van der Waals surface area contributed by atoms with Crippen LogP contribution in [0.15, 0.2) is 28.9 Å². The smallest absolute Gasteiger partial charge is 0.372 e. The van der Waals surface area contributed by atoms with Crippen LogP contribution in [0.25, 0.3) is 0 Å². The van der Waals surface area contributed by atoms with Gasteiger partial charge in [-0.05, 0) is 18.2 Å². The number of anilines is 1. The zero-order chi connectivity index (χ0) is 14.0. The van der Waals surface area contributed by atoms with E-state index in [0.29, 0.717) is 26.3 Å². The number of nitrogens with one attached hydrogen (secondary N) is 1. The maximum atomic E-state index is 10.9. The molecule has 1 heterocycles. The topological polar surface area (TPSA) is 62.5 Å². The number of benzene rings is 1. The van der Waals surface area contributed by atoms with Gasteiger partial charge in [-0.1, -0.05) is 34.8 Å². The van der Waals surface area contributed by atoms with Gasteiger partial charge in [0.15, 0.2) is 0 Å². The molecule has 7 heteroatoms. The molecule has 0 saturated carbocycles. The average Bonchev–Trinajstić information content (AvgIpc) is 2.75. The van der Waals surface area contributed by atoms with E-state index in [1.807, 2.05) is 0 Å². The average molecular weight is 321 g/mol. The van der Waals surface area contributed by atoms with Crippen molar-refractivity contribution < 1.29 is 14.3 Å². The van der Waals surface area contributed by atoms with Crippen LogP contribution in [0.3, 0.4) is 0 Å². The van der Waals surface area contributed by atoms with Gasteiger partial charge < -0.3 is 14.8 Å². The van der Waals surface area contributed by atoms with Crippen LogP contribution in [-0.4, -0.2) is 11.1 Å². The van der Waals surface area contributed by atoms with Gasteiger partial charge in [0.25, 0.3) is 0 Å². The fraction of sp³-hybridized carbons (Fsp3) is 0.0833. The van der Waals surface area contributed by atoms with Gasteiger partial charge in [0.05, 0.1) is 22.0 Å². The normalized spacial score (nSPS) is 10.5. The molecule has 0 unspecified atom stereocenters. The summed E-state index contributed by atoms with van der Waals surface area (Å²) < 4.78 is 4.87. The fourth-order valence-electron chi connectivity index (χ4n) is 1.56. The van der Waals surface area contributed by atoms with Crippen molar-refractivity contribution >= 4 is 46.5 Å². The van der Waals surface area contributed by atoms with E-state index in [-0.39, 0.29) is 12.3 Å². The zero-order valence-corrected chi connectivity index (χ0v) is 11.7. The molecule has 1 aromatic carbocycles. The molecule has 0 aliphatic heterocycles. The summed E-state index contributed by atoms with van der Waals surface area (Å²) >= 11 is 17.8. The van der Waals surface area contributed by atoms with Crippen molar-refractivity contribution in [1.82, 2.24) is 0 Å². The molecule has 0 fully saturated rings. The number of rotatable bonds is 4. The van der Waals surface area contributed by atoms with E-state index in [0.717, 1.165) is 0 Å². The highest BCUT2D eigenvalue weighted by Gasteiger charge is 2.15. The molecule has 1 aromatic heterocycles. The van der Waals surface area contributed by atoms with Crippen molar-refractivity contribution in [2.45, 2.75) is 6.54 Å². The maximum absolute atomic E-state index is 10.9. The van der Waals surface area contributed by atoms with Crippen molar-refractivity contribution in [3.05, 3.63) is 50.9 Å². The van der Waals surface area contributed by atoms with Crippen LogP contribution < -0.4 is 5.32 Å². The highest BCUT2D eigenvalue weighted by atomic mass is 35.5. The molecule has 0 spiro atoms. The Hall–Kier alpha value is -1.36. The molecule has 2 N–H and O–H groups in total. The molecule has 0 aliphatic carbocycles. The molecule has 100 valence electrons. The Labute approximate surface area is 123 Å². The monoisotopic (exact) mass is 319 g/mol. The second kappa shape index (κ2) is 5.74. The summed E-state index contributed by atoms with van der Waals surface area (Å²) in [6.45, 7) is 0.221. The number of furan rings is 1. The summed E-state index contributed by atoms with van der Waals surface area (Å²) in [5, 5.41) is 13.0. The molecule has 0 amide bonds. The minimum atomic E-state index is -1.13. The Bertz CT molecular complexity index is 601. The van der Waals surface area contributed by atoms with E-state index >= 15 is 0 Å². The second-order valence-electron chi connectivity index (χ2n) is 3.68. The van der Waals surface area contributed by atoms with Gasteiger partial charge in [0.2, 0.25) is 5.76 Å². The Balaban J connectivity index is 2.19. The van der Waals surface area contributed by atoms with Crippen molar-refractivity contribution in [3.63, 3.8) is 0 Å². The Kier molecular flexibility index (Phi) is 4.24. The third-order valence-electron chi connectivity index (χ3n) is 2.40. The van der Waals surface area contributed by atoms with Gasteiger partial charge in [-0.15, -0.1) is 0 Å². The van der Waals surface area contributed by atoms with Crippen LogP contribution in [0.4, 0.5) is 5.69 Å². The first-order valence-electron chi connectivity index (χ1n) is 5.17. The lowest BCUT2D eigenvalue weighted by atomic mass is 10.2. The Morgan fingerprint density at radius 2 is 1.89 bits per heavy atom.